The number of piperidine rings is 1. The standard InChI is InChI=1S/C16H23N3/c1-19-10-8-16(17,9-11-19)7-6-13-12-18-15-5-3-2-4-14(13)15/h2-5,12,18H,6-11,17H2,1H3. The van der Waals surface area contributed by atoms with Crippen molar-refractivity contribution in [2.45, 2.75) is 31.2 Å². The highest BCUT2D eigenvalue weighted by Crippen LogP contribution is 2.26. The molecule has 2 aromatic rings. The third-order valence-electron chi connectivity index (χ3n) is 4.55. The highest BCUT2D eigenvalue weighted by molar-refractivity contribution is 5.83. The smallest absolute Gasteiger partial charge is 0.0456 e. The first-order valence-electron chi connectivity index (χ1n) is 7.19. The fourth-order valence-corrected chi connectivity index (χ4v) is 3.04. The summed E-state index contributed by atoms with van der Waals surface area (Å²) in [5, 5.41) is 1.35. The molecule has 1 fully saturated rings. The molecule has 0 bridgehead atoms. The number of hydrogen-bond acceptors (Lipinski definition) is 2. The Morgan fingerprint density at radius 2 is 2.00 bits per heavy atom. The molecule has 0 unspecified atom stereocenters. The van der Waals surface area contributed by atoms with Crippen molar-refractivity contribution in [2.24, 2.45) is 5.73 Å². The van der Waals surface area contributed by atoms with Gasteiger partial charge in [-0.15, -0.1) is 0 Å². The molecule has 1 saturated heterocycles. The van der Waals surface area contributed by atoms with Gasteiger partial charge in [-0.3, -0.25) is 0 Å². The number of aryl methyl sites for hydroxylation is 1. The lowest BCUT2D eigenvalue weighted by Crippen LogP contribution is -2.49. The summed E-state index contributed by atoms with van der Waals surface area (Å²) in [5.41, 5.74) is 9.21. The molecular formula is C16H23N3. The molecule has 0 amide bonds. The third-order valence-corrected chi connectivity index (χ3v) is 4.55. The van der Waals surface area contributed by atoms with Crippen molar-refractivity contribution in [3.63, 3.8) is 0 Å². The molecule has 2 heterocycles. The number of aromatic amines is 1. The summed E-state index contributed by atoms with van der Waals surface area (Å²) in [6.07, 6.45) is 6.54. The van der Waals surface area contributed by atoms with Crippen molar-refractivity contribution >= 4 is 10.9 Å². The zero-order valence-corrected chi connectivity index (χ0v) is 11.7. The van der Waals surface area contributed by atoms with Gasteiger partial charge >= 0.3 is 0 Å². The number of benzene rings is 1. The second kappa shape index (κ2) is 4.99. The van der Waals surface area contributed by atoms with Crippen LogP contribution in [0, 0.1) is 0 Å². The summed E-state index contributed by atoms with van der Waals surface area (Å²) in [7, 11) is 2.18. The van der Waals surface area contributed by atoms with E-state index in [0.717, 1.165) is 38.8 Å². The van der Waals surface area contributed by atoms with Crippen LogP contribution in [0.15, 0.2) is 30.5 Å². The van der Waals surface area contributed by atoms with Crippen molar-refractivity contribution in [3.05, 3.63) is 36.0 Å². The van der Waals surface area contributed by atoms with E-state index in [-0.39, 0.29) is 5.54 Å². The molecule has 0 spiro atoms. The summed E-state index contributed by atoms with van der Waals surface area (Å²) in [4.78, 5) is 5.72. The monoisotopic (exact) mass is 257 g/mol. The van der Waals surface area contributed by atoms with E-state index in [1.54, 1.807) is 0 Å². The first-order valence-corrected chi connectivity index (χ1v) is 7.19. The fraction of sp³-hybridized carbons (Fsp3) is 0.500. The number of H-pyrrole nitrogens is 1. The number of rotatable bonds is 3. The SMILES string of the molecule is CN1CCC(N)(CCc2c[nH]c3ccccc23)CC1. The number of likely N-dealkylation sites (tertiary alicyclic amines) is 1. The predicted molar refractivity (Wildman–Crippen MR) is 80.3 cm³/mol. The van der Waals surface area contributed by atoms with Crippen LogP contribution in [0.2, 0.25) is 0 Å². The second-order valence-electron chi connectivity index (χ2n) is 6.03. The number of nitrogens with two attached hydrogens (primary N) is 1. The lowest BCUT2D eigenvalue weighted by molar-refractivity contribution is 0.182. The lowest BCUT2D eigenvalue weighted by Gasteiger charge is -2.37. The van der Waals surface area contributed by atoms with Crippen molar-refractivity contribution in [1.29, 1.82) is 0 Å². The minimum atomic E-state index is 0.0326. The van der Waals surface area contributed by atoms with E-state index in [2.05, 4.69) is 47.4 Å². The highest BCUT2D eigenvalue weighted by atomic mass is 15.1. The van der Waals surface area contributed by atoms with E-state index in [1.165, 1.54) is 16.5 Å². The molecule has 102 valence electrons. The predicted octanol–water partition coefficient (Wildman–Crippen LogP) is 2.52. The van der Waals surface area contributed by atoms with Crippen molar-refractivity contribution in [1.82, 2.24) is 9.88 Å². The molecule has 0 aliphatic carbocycles. The van der Waals surface area contributed by atoms with Crippen LogP contribution < -0.4 is 5.73 Å². The average molecular weight is 257 g/mol. The van der Waals surface area contributed by atoms with Gasteiger partial charge < -0.3 is 15.6 Å². The van der Waals surface area contributed by atoms with Gasteiger partial charge in [-0.2, -0.15) is 0 Å². The van der Waals surface area contributed by atoms with Crippen LogP contribution in [0.5, 0.6) is 0 Å². The Morgan fingerprint density at radius 3 is 2.79 bits per heavy atom. The summed E-state index contributed by atoms with van der Waals surface area (Å²) in [6.45, 7) is 2.26. The average Bonchev–Trinajstić information content (AvgIpc) is 2.84. The Balaban J connectivity index is 1.69. The van der Waals surface area contributed by atoms with Crippen molar-refractivity contribution in [2.75, 3.05) is 20.1 Å². The summed E-state index contributed by atoms with van der Waals surface area (Å²) in [5.74, 6) is 0. The minimum Gasteiger partial charge on any atom is -0.361 e. The van der Waals surface area contributed by atoms with Crippen LogP contribution in [0.4, 0.5) is 0 Å². The van der Waals surface area contributed by atoms with Gasteiger partial charge in [-0.1, -0.05) is 18.2 Å². The Bertz CT molecular complexity index is 550. The summed E-state index contributed by atoms with van der Waals surface area (Å²) < 4.78 is 0. The molecule has 1 aromatic carbocycles. The Kier molecular flexibility index (Phi) is 3.33. The van der Waals surface area contributed by atoms with Crippen LogP contribution in [-0.4, -0.2) is 35.6 Å². The number of hydrogen-bond donors (Lipinski definition) is 2. The number of nitrogens with zero attached hydrogens (tertiary/aromatic N) is 1. The topological polar surface area (TPSA) is 45.0 Å². The van der Waals surface area contributed by atoms with Crippen LogP contribution in [0.25, 0.3) is 10.9 Å². The lowest BCUT2D eigenvalue weighted by atomic mass is 9.83. The largest absolute Gasteiger partial charge is 0.361 e. The molecular weight excluding hydrogens is 234 g/mol. The van der Waals surface area contributed by atoms with Crippen LogP contribution in [0.3, 0.4) is 0 Å². The van der Waals surface area contributed by atoms with Gasteiger partial charge in [0.2, 0.25) is 0 Å². The highest BCUT2D eigenvalue weighted by Gasteiger charge is 2.29. The molecule has 3 nitrogen and oxygen atoms in total. The molecule has 1 aromatic heterocycles. The molecule has 3 N–H and O–H groups in total. The van der Waals surface area contributed by atoms with E-state index in [1.807, 2.05) is 0 Å². The Morgan fingerprint density at radius 1 is 1.26 bits per heavy atom. The van der Waals surface area contributed by atoms with E-state index in [0.29, 0.717) is 0 Å². The van der Waals surface area contributed by atoms with Crippen molar-refractivity contribution < 1.29 is 0 Å². The van der Waals surface area contributed by atoms with E-state index >= 15 is 0 Å². The third kappa shape index (κ3) is 2.67. The molecule has 1 aliphatic rings. The van der Waals surface area contributed by atoms with Gasteiger partial charge in [0, 0.05) is 22.6 Å². The van der Waals surface area contributed by atoms with Gasteiger partial charge in [0.1, 0.15) is 0 Å². The van der Waals surface area contributed by atoms with Crippen LogP contribution >= 0.6 is 0 Å². The summed E-state index contributed by atoms with van der Waals surface area (Å²) >= 11 is 0. The minimum absolute atomic E-state index is 0.0326. The quantitative estimate of drug-likeness (QED) is 0.887. The zero-order chi connectivity index (χ0) is 13.3. The van der Waals surface area contributed by atoms with Crippen LogP contribution in [-0.2, 0) is 6.42 Å². The van der Waals surface area contributed by atoms with E-state index in [9.17, 15) is 0 Å². The summed E-state index contributed by atoms with van der Waals surface area (Å²) in [6, 6.07) is 8.50. The Hall–Kier alpha value is -1.32. The van der Waals surface area contributed by atoms with E-state index in [4.69, 9.17) is 5.73 Å². The fourth-order valence-electron chi connectivity index (χ4n) is 3.04. The molecule has 1 aliphatic heterocycles. The zero-order valence-electron chi connectivity index (χ0n) is 11.7. The van der Waals surface area contributed by atoms with Gasteiger partial charge in [-0.05, 0) is 57.5 Å². The number of aromatic nitrogens is 1. The second-order valence-corrected chi connectivity index (χ2v) is 6.03. The first kappa shape index (κ1) is 12.7. The number of nitrogens with one attached hydrogen (secondary N) is 1. The molecule has 3 heteroatoms. The van der Waals surface area contributed by atoms with E-state index < -0.39 is 0 Å². The first-order chi connectivity index (χ1) is 9.16. The Labute approximate surface area is 114 Å². The van der Waals surface area contributed by atoms with Gasteiger partial charge in [0.25, 0.3) is 0 Å². The van der Waals surface area contributed by atoms with Crippen molar-refractivity contribution in [3.8, 4) is 0 Å². The van der Waals surface area contributed by atoms with Crippen LogP contribution in [0.1, 0.15) is 24.8 Å². The van der Waals surface area contributed by atoms with Gasteiger partial charge in [-0.25, -0.2) is 0 Å². The maximum absolute atomic E-state index is 6.55. The molecule has 19 heavy (non-hydrogen) atoms. The number of para-hydroxylation sites is 1. The van der Waals surface area contributed by atoms with Gasteiger partial charge in [0.05, 0.1) is 0 Å². The maximum Gasteiger partial charge on any atom is 0.0456 e. The number of fused-ring (bicyclic) bond motifs is 1. The molecule has 0 radical (unpaired) electrons. The molecule has 0 atom stereocenters. The molecule has 0 saturated carbocycles. The maximum atomic E-state index is 6.55. The molecule has 3 rings (SSSR count). The van der Waals surface area contributed by atoms with Gasteiger partial charge in [0.15, 0.2) is 0 Å². The normalized spacial score (nSPS) is 19.9.